The molecular formula is C10H11F3O3. The zero-order valence-corrected chi connectivity index (χ0v) is 8.54. The summed E-state index contributed by atoms with van der Waals surface area (Å²) in [5.74, 6) is -0.171. The molecule has 0 radical (unpaired) electrons. The first-order valence-corrected chi connectivity index (χ1v) is 4.58. The average Bonchev–Trinajstić information content (AvgIpc) is 2.15. The third-order valence-electron chi connectivity index (χ3n) is 1.67. The predicted molar refractivity (Wildman–Crippen MR) is 50.2 cm³/mol. The molecule has 1 N–H and O–H groups in total. The summed E-state index contributed by atoms with van der Waals surface area (Å²) in [6, 6.07) is 3.68. The van der Waals surface area contributed by atoms with Crippen molar-refractivity contribution >= 4 is 0 Å². The number of ether oxygens (including phenoxy) is 2. The van der Waals surface area contributed by atoms with Gasteiger partial charge in [-0.15, -0.1) is 13.2 Å². The van der Waals surface area contributed by atoms with Crippen LogP contribution in [0.25, 0.3) is 0 Å². The summed E-state index contributed by atoms with van der Waals surface area (Å²) in [6.07, 6.45) is -4.75. The molecule has 1 aromatic rings. The average molecular weight is 236 g/mol. The Balaban J connectivity index is 2.95. The molecule has 1 aromatic carbocycles. The number of hydrogen-bond donors (Lipinski definition) is 1. The molecule has 16 heavy (non-hydrogen) atoms. The van der Waals surface area contributed by atoms with Crippen LogP contribution in [-0.2, 0) is 6.61 Å². The third kappa shape index (κ3) is 3.98. The fourth-order valence-electron chi connectivity index (χ4n) is 1.16. The number of hydrogen-bond acceptors (Lipinski definition) is 3. The summed E-state index contributed by atoms with van der Waals surface area (Å²) < 4.78 is 44.7. The third-order valence-corrected chi connectivity index (χ3v) is 1.67. The van der Waals surface area contributed by atoms with E-state index in [1.54, 1.807) is 6.92 Å². The van der Waals surface area contributed by atoms with Crippen LogP contribution in [0.1, 0.15) is 12.5 Å². The summed E-state index contributed by atoms with van der Waals surface area (Å²) in [4.78, 5) is 0. The van der Waals surface area contributed by atoms with E-state index in [0.29, 0.717) is 12.2 Å². The van der Waals surface area contributed by atoms with Crippen molar-refractivity contribution in [2.45, 2.75) is 19.9 Å². The van der Waals surface area contributed by atoms with Crippen molar-refractivity contribution in [1.82, 2.24) is 0 Å². The summed E-state index contributed by atoms with van der Waals surface area (Å²) in [5.41, 5.74) is 0.296. The van der Waals surface area contributed by atoms with Crippen molar-refractivity contribution in [3.63, 3.8) is 0 Å². The van der Waals surface area contributed by atoms with E-state index in [-0.39, 0.29) is 12.4 Å². The molecule has 0 atom stereocenters. The summed E-state index contributed by atoms with van der Waals surface area (Å²) >= 11 is 0. The van der Waals surface area contributed by atoms with E-state index in [2.05, 4.69) is 4.74 Å². The van der Waals surface area contributed by atoms with E-state index in [4.69, 9.17) is 9.84 Å². The van der Waals surface area contributed by atoms with E-state index in [0.717, 1.165) is 12.1 Å². The van der Waals surface area contributed by atoms with Crippen LogP contribution in [0.2, 0.25) is 0 Å². The maximum Gasteiger partial charge on any atom is 0.573 e. The molecule has 0 saturated carbocycles. The molecule has 0 aromatic heterocycles. The smallest absolute Gasteiger partial charge is 0.494 e. The number of aliphatic hydroxyl groups excluding tert-OH is 1. The normalized spacial score (nSPS) is 11.3. The van der Waals surface area contributed by atoms with Crippen molar-refractivity contribution in [2.24, 2.45) is 0 Å². The second-order valence-electron chi connectivity index (χ2n) is 2.95. The highest BCUT2D eigenvalue weighted by molar-refractivity contribution is 5.38. The van der Waals surface area contributed by atoms with Crippen LogP contribution in [0.5, 0.6) is 11.5 Å². The molecule has 3 nitrogen and oxygen atoms in total. The molecule has 1 rings (SSSR count). The first-order chi connectivity index (χ1) is 7.44. The SMILES string of the molecule is CCOc1cc(CO)cc(OC(F)(F)F)c1. The molecule has 0 unspecified atom stereocenters. The van der Waals surface area contributed by atoms with Gasteiger partial charge in [0, 0.05) is 6.07 Å². The molecule has 90 valence electrons. The van der Waals surface area contributed by atoms with Gasteiger partial charge in [0.2, 0.25) is 0 Å². The Hall–Kier alpha value is -1.43. The number of rotatable bonds is 4. The lowest BCUT2D eigenvalue weighted by Crippen LogP contribution is -2.17. The van der Waals surface area contributed by atoms with Crippen LogP contribution < -0.4 is 9.47 Å². The fourth-order valence-corrected chi connectivity index (χ4v) is 1.16. The minimum Gasteiger partial charge on any atom is -0.494 e. The standard InChI is InChI=1S/C10H11F3O3/c1-2-15-8-3-7(6-14)4-9(5-8)16-10(11,12)13/h3-5,14H,2,6H2,1H3. The molecule has 0 bridgehead atoms. The van der Waals surface area contributed by atoms with Crippen LogP contribution in [0.3, 0.4) is 0 Å². The molecule has 0 saturated heterocycles. The molecule has 0 aliphatic heterocycles. The molecule has 0 spiro atoms. The van der Waals surface area contributed by atoms with Gasteiger partial charge in [-0.25, -0.2) is 0 Å². The van der Waals surface area contributed by atoms with Gasteiger partial charge in [0.1, 0.15) is 11.5 Å². The minimum absolute atomic E-state index is 0.230. The van der Waals surface area contributed by atoms with E-state index in [1.165, 1.54) is 6.07 Å². The molecule has 0 amide bonds. The second kappa shape index (κ2) is 5.07. The van der Waals surface area contributed by atoms with E-state index >= 15 is 0 Å². The van der Waals surface area contributed by atoms with Crippen molar-refractivity contribution in [3.05, 3.63) is 23.8 Å². The summed E-state index contributed by atoms with van der Waals surface area (Å²) in [5, 5.41) is 8.86. The molecule has 0 heterocycles. The van der Waals surface area contributed by atoms with Crippen molar-refractivity contribution in [3.8, 4) is 11.5 Å². The lowest BCUT2D eigenvalue weighted by atomic mass is 10.2. The molecule has 0 aliphatic rings. The monoisotopic (exact) mass is 236 g/mol. The van der Waals surface area contributed by atoms with Crippen molar-refractivity contribution in [2.75, 3.05) is 6.61 Å². The van der Waals surface area contributed by atoms with Crippen LogP contribution in [0.4, 0.5) is 13.2 Å². The number of aliphatic hydroxyl groups is 1. The predicted octanol–water partition coefficient (Wildman–Crippen LogP) is 2.48. The van der Waals surface area contributed by atoms with Gasteiger partial charge in [0.05, 0.1) is 13.2 Å². The summed E-state index contributed by atoms with van der Waals surface area (Å²) in [6.45, 7) is 1.64. The fraction of sp³-hybridized carbons (Fsp3) is 0.400. The number of halogens is 3. The minimum atomic E-state index is -4.75. The molecule has 6 heteroatoms. The van der Waals surface area contributed by atoms with E-state index in [9.17, 15) is 13.2 Å². The Morgan fingerprint density at radius 1 is 1.19 bits per heavy atom. The highest BCUT2D eigenvalue weighted by atomic mass is 19.4. The largest absolute Gasteiger partial charge is 0.573 e. The van der Waals surface area contributed by atoms with E-state index in [1.807, 2.05) is 0 Å². The Morgan fingerprint density at radius 3 is 2.31 bits per heavy atom. The summed E-state index contributed by atoms with van der Waals surface area (Å²) in [7, 11) is 0. The van der Waals surface area contributed by atoms with Crippen LogP contribution in [0.15, 0.2) is 18.2 Å². The zero-order chi connectivity index (χ0) is 12.2. The highest BCUT2D eigenvalue weighted by Gasteiger charge is 2.31. The van der Waals surface area contributed by atoms with Gasteiger partial charge < -0.3 is 14.6 Å². The highest BCUT2D eigenvalue weighted by Crippen LogP contribution is 2.28. The van der Waals surface area contributed by atoms with Crippen LogP contribution in [0, 0.1) is 0 Å². The molecule has 0 fully saturated rings. The van der Waals surface area contributed by atoms with Gasteiger partial charge in [-0.3, -0.25) is 0 Å². The van der Waals surface area contributed by atoms with Gasteiger partial charge in [-0.05, 0) is 24.6 Å². The Bertz CT molecular complexity index is 350. The second-order valence-corrected chi connectivity index (χ2v) is 2.95. The van der Waals surface area contributed by atoms with Gasteiger partial charge in [0.15, 0.2) is 0 Å². The van der Waals surface area contributed by atoms with Crippen molar-refractivity contribution in [1.29, 1.82) is 0 Å². The van der Waals surface area contributed by atoms with Gasteiger partial charge >= 0.3 is 6.36 Å². The molecule has 0 aliphatic carbocycles. The first kappa shape index (κ1) is 12.6. The lowest BCUT2D eigenvalue weighted by molar-refractivity contribution is -0.274. The first-order valence-electron chi connectivity index (χ1n) is 4.58. The lowest BCUT2D eigenvalue weighted by Gasteiger charge is -2.12. The maximum absolute atomic E-state index is 12.0. The Morgan fingerprint density at radius 2 is 1.81 bits per heavy atom. The van der Waals surface area contributed by atoms with Crippen LogP contribution >= 0.6 is 0 Å². The van der Waals surface area contributed by atoms with Gasteiger partial charge in [0.25, 0.3) is 0 Å². The number of benzene rings is 1. The Labute approximate surface area is 90.4 Å². The maximum atomic E-state index is 12.0. The Kier molecular flexibility index (Phi) is 4.00. The molecular weight excluding hydrogens is 225 g/mol. The van der Waals surface area contributed by atoms with Crippen molar-refractivity contribution < 1.29 is 27.8 Å². The topological polar surface area (TPSA) is 38.7 Å². The van der Waals surface area contributed by atoms with Gasteiger partial charge in [-0.1, -0.05) is 0 Å². The zero-order valence-electron chi connectivity index (χ0n) is 8.54. The number of alkyl halides is 3. The van der Waals surface area contributed by atoms with E-state index < -0.39 is 12.1 Å². The quantitative estimate of drug-likeness (QED) is 0.872. The van der Waals surface area contributed by atoms with Crippen LogP contribution in [-0.4, -0.2) is 18.1 Å². The van der Waals surface area contributed by atoms with Gasteiger partial charge in [-0.2, -0.15) is 0 Å².